The fourth-order valence-electron chi connectivity index (χ4n) is 3.30. The fourth-order valence-corrected chi connectivity index (χ4v) is 3.73. The topological polar surface area (TPSA) is 108 Å². The Morgan fingerprint density at radius 1 is 1.08 bits per heavy atom. The summed E-state index contributed by atoms with van der Waals surface area (Å²) in [6.45, 7) is 0.125. The van der Waals surface area contributed by atoms with Gasteiger partial charge in [0.25, 0.3) is 11.5 Å². The van der Waals surface area contributed by atoms with Crippen molar-refractivity contribution >= 4 is 34.3 Å². The number of anilines is 1. The zero-order valence-corrected chi connectivity index (χ0v) is 21.0. The van der Waals surface area contributed by atoms with Crippen LogP contribution in [0.4, 0.5) is 14.6 Å². The van der Waals surface area contributed by atoms with E-state index < -0.39 is 17.3 Å². The average Bonchev–Trinajstić information content (AvgIpc) is 2.87. The van der Waals surface area contributed by atoms with Crippen LogP contribution in [0, 0.1) is 15.2 Å². The Kier molecular flexibility index (Phi) is 7.48. The van der Waals surface area contributed by atoms with E-state index in [-0.39, 0.29) is 40.9 Å². The number of nitrogen functional groups attached to an aromatic ring is 1. The largest absolute Gasteiger partial charge is 0.496 e. The van der Waals surface area contributed by atoms with Gasteiger partial charge in [-0.25, -0.2) is 13.8 Å². The van der Waals surface area contributed by atoms with E-state index in [0.29, 0.717) is 14.9 Å². The Morgan fingerprint density at radius 3 is 2.53 bits per heavy atom. The molecule has 0 fully saturated rings. The Morgan fingerprint density at radius 2 is 1.83 bits per heavy atom. The molecule has 184 valence electrons. The van der Waals surface area contributed by atoms with E-state index in [4.69, 9.17) is 15.2 Å². The molecule has 4 aromatic rings. The summed E-state index contributed by atoms with van der Waals surface area (Å²) >= 11 is 1.94. The van der Waals surface area contributed by atoms with Gasteiger partial charge < -0.3 is 20.5 Å². The molecule has 2 heterocycles. The Balaban J connectivity index is 1.61. The highest BCUT2D eigenvalue weighted by molar-refractivity contribution is 14.1. The first-order valence-electron chi connectivity index (χ1n) is 10.5. The molecular formula is C25H19F2IN4O4. The third-order valence-corrected chi connectivity index (χ3v) is 6.23. The maximum absolute atomic E-state index is 14.9. The number of nitrogens with zero attached hydrogens (tertiary/aromatic N) is 2. The summed E-state index contributed by atoms with van der Waals surface area (Å²) in [5.41, 5.74) is 6.14. The molecule has 0 unspecified atom stereocenters. The van der Waals surface area contributed by atoms with E-state index in [2.05, 4.69) is 10.3 Å². The third kappa shape index (κ3) is 5.46. The molecule has 0 aliphatic carbocycles. The normalized spacial score (nSPS) is 10.7. The highest BCUT2D eigenvalue weighted by atomic mass is 127. The number of halogens is 3. The molecule has 1 amide bonds. The Labute approximate surface area is 217 Å². The highest BCUT2D eigenvalue weighted by Gasteiger charge is 2.17. The molecule has 0 aliphatic rings. The first-order chi connectivity index (χ1) is 17.3. The molecule has 0 radical (unpaired) electrons. The highest BCUT2D eigenvalue weighted by Crippen LogP contribution is 2.31. The second-order valence-corrected chi connectivity index (χ2v) is 8.58. The maximum atomic E-state index is 14.9. The lowest BCUT2D eigenvalue weighted by Crippen LogP contribution is -2.27. The van der Waals surface area contributed by atoms with Crippen molar-refractivity contribution in [3.8, 4) is 22.9 Å². The summed E-state index contributed by atoms with van der Waals surface area (Å²) in [5, 5.41) is 2.70. The van der Waals surface area contributed by atoms with Crippen LogP contribution in [0.3, 0.4) is 0 Å². The van der Waals surface area contributed by atoms with Crippen molar-refractivity contribution in [1.29, 1.82) is 0 Å². The number of hydrogen-bond donors (Lipinski definition) is 2. The number of hydrogen-bond acceptors (Lipinski definition) is 6. The quantitative estimate of drug-likeness (QED) is 0.303. The Hall–Kier alpha value is -4.00. The zero-order chi connectivity index (χ0) is 25.8. The summed E-state index contributed by atoms with van der Waals surface area (Å²) in [7, 11) is 1.33. The van der Waals surface area contributed by atoms with Gasteiger partial charge in [-0.1, -0.05) is 12.1 Å². The number of methoxy groups -OCH3 is 1. The van der Waals surface area contributed by atoms with Crippen LogP contribution in [0.15, 0.2) is 71.8 Å². The van der Waals surface area contributed by atoms with Gasteiger partial charge in [0, 0.05) is 37.1 Å². The standard InChI is InChI=1S/C25H19F2IN4O4/c1-35-21-11-22(33)32(13-17(21)25(34)31-12-14-2-4-15(26)5-3-14)16-6-7-19(18(27)10-16)36-20-8-9-30-24(29)23(20)28/h2-11,13H,12H2,1H3,(H2,29,30)(H,31,34). The van der Waals surface area contributed by atoms with Crippen molar-refractivity contribution in [2.24, 2.45) is 0 Å². The van der Waals surface area contributed by atoms with E-state index in [1.807, 2.05) is 22.6 Å². The molecule has 0 spiro atoms. The van der Waals surface area contributed by atoms with Gasteiger partial charge in [-0.15, -0.1) is 0 Å². The van der Waals surface area contributed by atoms with Crippen LogP contribution in [-0.4, -0.2) is 22.6 Å². The number of nitrogens with two attached hydrogens (primary N) is 1. The minimum Gasteiger partial charge on any atom is -0.496 e. The van der Waals surface area contributed by atoms with Crippen LogP contribution in [0.25, 0.3) is 5.69 Å². The summed E-state index contributed by atoms with van der Waals surface area (Å²) in [4.78, 5) is 29.5. The van der Waals surface area contributed by atoms with E-state index in [9.17, 15) is 18.4 Å². The number of carbonyl (C=O) groups excluding carboxylic acids is 1. The number of aromatic nitrogens is 2. The monoisotopic (exact) mass is 604 g/mol. The number of carbonyl (C=O) groups is 1. The van der Waals surface area contributed by atoms with Crippen molar-refractivity contribution < 1.29 is 23.0 Å². The zero-order valence-electron chi connectivity index (χ0n) is 18.8. The first-order valence-corrected chi connectivity index (χ1v) is 11.6. The first kappa shape index (κ1) is 25.1. The van der Waals surface area contributed by atoms with Gasteiger partial charge in [-0.05, 0) is 52.4 Å². The van der Waals surface area contributed by atoms with Crippen LogP contribution >= 0.6 is 22.6 Å². The number of benzene rings is 2. The lowest BCUT2D eigenvalue weighted by molar-refractivity contribution is 0.0947. The lowest BCUT2D eigenvalue weighted by atomic mass is 10.2. The van der Waals surface area contributed by atoms with Crippen LogP contribution < -0.4 is 26.1 Å². The van der Waals surface area contributed by atoms with E-state index in [1.54, 1.807) is 18.2 Å². The number of pyridine rings is 2. The molecule has 0 atom stereocenters. The fraction of sp³-hybridized carbons (Fsp3) is 0.0800. The summed E-state index contributed by atoms with van der Waals surface area (Å²) in [6, 6.07) is 12.3. The second-order valence-electron chi connectivity index (χ2n) is 7.50. The minimum absolute atomic E-state index is 0.0538. The molecule has 11 heteroatoms. The van der Waals surface area contributed by atoms with Gasteiger partial charge in [-0.2, -0.15) is 0 Å². The van der Waals surface area contributed by atoms with Gasteiger partial charge in [0.05, 0.1) is 21.9 Å². The van der Waals surface area contributed by atoms with Gasteiger partial charge in [-0.3, -0.25) is 14.2 Å². The smallest absolute Gasteiger partial charge is 0.258 e. The van der Waals surface area contributed by atoms with Crippen LogP contribution in [0.1, 0.15) is 15.9 Å². The van der Waals surface area contributed by atoms with Crippen LogP contribution in [0.2, 0.25) is 0 Å². The van der Waals surface area contributed by atoms with Crippen molar-refractivity contribution in [2.75, 3.05) is 12.8 Å². The maximum Gasteiger partial charge on any atom is 0.258 e. The number of ether oxygens (including phenoxy) is 2. The molecule has 4 rings (SSSR count). The molecule has 0 aliphatic heterocycles. The van der Waals surface area contributed by atoms with Crippen molar-refractivity contribution in [3.05, 3.63) is 104 Å². The minimum atomic E-state index is -0.733. The predicted molar refractivity (Wildman–Crippen MR) is 138 cm³/mol. The van der Waals surface area contributed by atoms with Gasteiger partial charge in [0.1, 0.15) is 23.1 Å². The summed E-state index contributed by atoms with van der Waals surface area (Å²) in [5.74, 6) is -1.10. The molecular weight excluding hydrogens is 585 g/mol. The van der Waals surface area contributed by atoms with Crippen molar-refractivity contribution in [2.45, 2.75) is 6.54 Å². The summed E-state index contributed by atoms with van der Waals surface area (Å²) < 4.78 is 40.5. The third-order valence-electron chi connectivity index (χ3n) is 5.14. The lowest BCUT2D eigenvalue weighted by Gasteiger charge is -2.14. The van der Waals surface area contributed by atoms with Crippen LogP contribution in [0.5, 0.6) is 17.2 Å². The number of rotatable bonds is 7. The molecule has 8 nitrogen and oxygen atoms in total. The van der Waals surface area contributed by atoms with E-state index in [1.165, 1.54) is 43.8 Å². The number of nitrogens with one attached hydrogen (secondary N) is 1. The van der Waals surface area contributed by atoms with Gasteiger partial charge in [0.2, 0.25) is 0 Å². The molecule has 2 aromatic carbocycles. The van der Waals surface area contributed by atoms with Gasteiger partial charge >= 0.3 is 0 Å². The van der Waals surface area contributed by atoms with Gasteiger partial charge in [0.15, 0.2) is 11.6 Å². The van der Waals surface area contributed by atoms with E-state index in [0.717, 1.165) is 16.7 Å². The molecule has 36 heavy (non-hydrogen) atoms. The molecule has 2 aromatic heterocycles. The predicted octanol–water partition coefficient (Wildman–Crippen LogP) is 4.43. The van der Waals surface area contributed by atoms with Crippen molar-refractivity contribution in [3.63, 3.8) is 0 Å². The summed E-state index contributed by atoms with van der Waals surface area (Å²) in [6.07, 6.45) is 2.71. The van der Waals surface area contributed by atoms with Crippen molar-refractivity contribution in [1.82, 2.24) is 14.9 Å². The van der Waals surface area contributed by atoms with E-state index >= 15 is 0 Å². The SMILES string of the molecule is COc1cc(=O)n(-c2ccc(Oc3ccnc(N)c3I)c(F)c2)cc1C(=O)NCc1ccc(F)cc1. The molecule has 0 saturated heterocycles. The molecule has 0 bridgehead atoms. The molecule has 3 N–H and O–H groups in total. The second kappa shape index (κ2) is 10.7. The average molecular weight is 604 g/mol. The van der Waals surface area contributed by atoms with Crippen LogP contribution in [-0.2, 0) is 6.54 Å². The number of amides is 1. The molecule has 0 saturated carbocycles. The Bertz CT molecular complexity index is 1490.